The van der Waals surface area contributed by atoms with E-state index >= 15 is 0 Å². The molecule has 5 rings (SSSR count). The average molecular weight is 516 g/mol. The largest absolute Gasteiger partial charge is 0.383 e. The number of sulfonamides is 1. The normalized spacial score (nSPS) is 16.0. The van der Waals surface area contributed by atoms with Crippen molar-refractivity contribution in [2.45, 2.75) is 6.42 Å². The van der Waals surface area contributed by atoms with Gasteiger partial charge in [0.05, 0.1) is 18.0 Å². The molecule has 4 heterocycles. The zero-order valence-electron chi connectivity index (χ0n) is 17.4. The van der Waals surface area contributed by atoms with Crippen LogP contribution in [0.2, 0.25) is 0 Å². The molecule has 32 heavy (non-hydrogen) atoms. The molecule has 3 aromatic heterocycles. The molecule has 0 amide bonds. The van der Waals surface area contributed by atoms with Crippen molar-refractivity contribution in [1.29, 1.82) is 0 Å². The fourth-order valence-electron chi connectivity index (χ4n) is 4.05. The second kappa shape index (κ2) is 7.98. The van der Waals surface area contributed by atoms with Crippen molar-refractivity contribution < 1.29 is 8.42 Å². The van der Waals surface area contributed by atoms with Crippen molar-refractivity contribution in [2.24, 2.45) is 0 Å². The Morgan fingerprint density at radius 1 is 1.09 bits per heavy atom. The molecule has 0 saturated carbocycles. The predicted octanol–water partition coefficient (Wildman–Crippen LogP) is 2.76. The Morgan fingerprint density at radius 3 is 2.72 bits per heavy atom. The van der Waals surface area contributed by atoms with Gasteiger partial charge in [0.25, 0.3) is 0 Å². The van der Waals surface area contributed by atoms with Gasteiger partial charge in [-0.25, -0.2) is 17.7 Å². The number of rotatable bonds is 3. The zero-order chi connectivity index (χ0) is 22.5. The Hall–Kier alpha value is -2.76. The van der Waals surface area contributed by atoms with Crippen LogP contribution in [0.25, 0.3) is 27.7 Å². The van der Waals surface area contributed by atoms with Crippen molar-refractivity contribution in [3.05, 3.63) is 47.2 Å². The molecule has 1 aromatic carbocycles. The number of nitrogens with two attached hydrogens (primary N) is 1. The average Bonchev–Trinajstić information content (AvgIpc) is 3.03. The van der Waals surface area contributed by atoms with E-state index in [1.54, 1.807) is 10.7 Å². The first-order valence-corrected chi connectivity index (χ1v) is 12.8. The fourth-order valence-corrected chi connectivity index (χ4v) is 5.43. The molecule has 0 spiro atoms. The van der Waals surface area contributed by atoms with E-state index in [9.17, 15) is 8.42 Å². The van der Waals surface area contributed by atoms with Crippen LogP contribution in [0.1, 0.15) is 6.42 Å². The number of pyridine rings is 1. The van der Waals surface area contributed by atoms with Crippen molar-refractivity contribution in [3.8, 4) is 11.1 Å². The molecule has 0 bridgehead atoms. The summed E-state index contributed by atoms with van der Waals surface area (Å²) >= 11 is 3.58. The minimum absolute atomic E-state index is 0.402. The summed E-state index contributed by atoms with van der Waals surface area (Å²) in [7, 11) is -3.23. The first-order valence-electron chi connectivity index (χ1n) is 10.2. The van der Waals surface area contributed by atoms with E-state index in [0.717, 1.165) is 22.0 Å². The van der Waals surface area contributed by atoms with Gasteiger partial charge in [-0.05, 0) is 34.5 Å². The predicted molar refractivity (Wildman–Crippen MR) is 129 cm³/mol. The zero-order valence-corrected chi connectivity index (χ0v) is 19.8. The maximum absolute atomic E-state index is 12.0. The summed E-state index contributed by atoms with van der Waals surface area (Å²) in [6.45, 7) is 2.09. The van der Waals surface area contributed by atoms with Crippen molar-refractivity contribution in [1.82, 2.24) is 23.9 Å². The van der Waals surface area contributed by atoms with E-state index in [1.165, 1.54) is 10.6 Å². The summed E-state index contributed by atoms with van der Waals surface area (Å²) in [6.07, 6.45) is 5.51. The number of benzene rings is 1. The molecule has 2 N–H and O–H groups in total. The van der Waals surface area contributed by atoms with Crippen LogP contribution in [-0.2, 0) is 10.0 Å². The van der Waals surface area contributed by atoms with Gasteiger partial charge in [-0.2, -0.15) is 9.61 Å². The molecule has 0 unspecified atom stereocenters. The third-order valence-corrected chi connectivity index (χ3v) is 7.79. The number of nitrogens with zero attached hydrogens (tertiary/aromatic N) is 6. The van der Waals surface area contributed by atoms with Gasteiger partial charge in [-0.1, -0.05) is 18.2 Å². The summed E-state index contributed by atoms with van der Waals surface area (Å²) in [4.78, 5) is 11.5. The summed E-state index contributed by atoms with van der Waals surface area (Å²) in [5.41, 5.74) is 9.69. The second-order valence-corrected chi connectivity index (χ2v) is 10.6. The molecule has 11 heteroatoms. The van der Waals surface area contributed by atoms with E-state index < -0.39 is 10.0 Å². The quantitative estimate of drug-likeness (QED) is 0.446. The maximum Gasteiger partial charge on any atom is 0.211 e. The highest BCUT2D eigenvalue weighted by atomic mass is 79.9. The van der Waals surface area contributed by atoms with Gasteiger partial charge in [0.2, 0.25) is 10.0 Å². The van der Waals surface area contributed by atoms with Crippen LogP contribution in [0.4, 0.5) is 11.6 Å². The Balaban J connectivity index is 1.58. The number of hydrogen-bond donors (Lipinski definition) is 1. The van der Waals surface area contributed by atoms with Gasteiger partial charge in [0, 0.05) is 48.9 Å². The Kier molecular flexibility index (Phi) is 5.26. The van der Waals surface area contributed by atoms with Gasteiger partial charge < -0.3 is 10.6 Å². The maximum atomic E-state index is 12.0. The van der Waals surface area contributed by atoms with Crippen LogP contribution in [0.3, 0.4) is 0 Å². The highest BCUT2D eigenvalue weighted by Crippen LogP contribution is 2.35. The molecule has 1 fully saturated rings. The molecule has 9 nitrogen and oxygen atoms in total. The number of para-hydroxylation sites is 1. The Bertz CT molecular complexity index is 1440. The smallest absolute Gasteiger partial charge is 0.211 e. The van der Waals surface area contributed by atoms with Crippen molar-refractivity contribution in [3.63, 3.8) is 0 Å². The van der Waals surface area contributed by atoms with Gasteiger partial charge in [-0.3, -0.25) is 4.98 Å². The van der Waals surface area contributed by atoms with Crippen LogP contribution in [-0.4, -0.2) is 64.7 Å². The number of halogens is 1. The highest BCUT2D eigenvalue weighted by molar-refractivity contribution is 9.10. The molecule has 1 saturated heterocycles. The first kappa shape index (κ1) is 21.1. The second-order valence-electron chi connectivity index (χ2n) is 7.85. The third kappa shape index (κ3) is 3.70. The van der Waals surface area contributed by atoms with Crippen LogP contribution in [0.5, 0.6) is 0 Å². The van der Waals surface area contributed by atoms with Crippen molar-refractivity contribution >= 4 is 54.1 Å². The summed E-state index contributed by atoms with van der Waals surface area (Å²) in [6, 6.07) is 10.00. The minimum atomic E-state index is -3.23. The molecule has 1 aliphatic heterocycles. The minimum Gasteiger partial charge on any atom is -0.383 e. The summed E-state index contributed by atoms with van der Waals surface area (Å²) in [5, 5.41) is 5.48. The monoisotopic (exact) mass is 515 g/mol. The summed E-state index contributed by atoms with van der Waals surface area (Å²) in [5.74, 6) is 1.12. The lowest BCUT2D eigenvalue weighted by atomic mass is 10.1. The van der Waals surface area contributed by atoms with E-state index in [1.807, 2.05) is 30.5 Å². The Labute approximate surface area is 194 Å². The van der Waals surface area contributed by atoms with Crippen LogP contribution >= 0.6 is 15.9 Å². The molecule has 0 aliphatic carbocycles. The molecule has 0 atom stereocenters. The van der Waals surface area contributed by atoms with Crippen molar-refractivity contribution in [2.75, 3.05) is 43.1 Å². The number of fused-ring (bicyclic) bond motifs is 2. The number of aromatic nitrogens is 4. The number of anilines is 2. The summed E-state index contributed by atoms with van der Waals surface area (Å²) < 4.78 is 27.7. The third-order valence-electron chi connectivity index (χ3n) is 5.73. The Morgan fingerprint density at radius 2 is 1.91 bits per heavy atom. The van der Waals surface area contributed by atoms with Gasteiger partial charge in [0.1, 0.15) is 16.1 Å². The highest BCUT2D eigenvalue weighted by Gasteiger charge is 2.25. The van der Waals surface area contributed by atoms with Crippen LogP contribution in [0, 0.1) is 0 Å². The molecule has 1 aliphatic rings. The first-order chi connectivity index (χ1) is 15.3. The fraction of sp³-hybridized carbons (Fsp3) is 0.286. The standard InChI is InChI=1S/C21H22BrN7O2S/c1-32(30,31)28-8-4-7-27(9-10-28)21-18(22)19(23)29-20(26-21)16(13-25-29)15-11-14-5-2-3-6-17(14)24-12-15/h2-3,5-6,11-13H,4,7-10,23H2,1H3. The van der Waals surface area contributed by atoms with E-state index in [2.05, 4.69) is 37.0 Å². The van der Waals surface area contributed by atoms with E-state index in [-0.39, 0.29) is 0 Å². The SMILES string of the molecule is CS(=O)(=O)N1CCCN(c2nc3c(-c4cnc5ccccc5c4)cnn3c(N)c2Br)CC1. The lowest BCUT2D eigenvalue weighted by Crippen LogP contribution is -2.34. The molecule has 166 valence electrons. The molecule has 0 radical (unpaired) electrons. The number of hydrogen-bond acceptors (Lipinski definition) is 7. The van der Waals surface area contributed by atoms with Gasteiger partial charge >= 0.3 is 0 Å². The molecular formula is C21H22BrN7O2S. The lowest BCUT2D eigenvalue weighted by Gasteiger charge is -2.24. The van der Waals surface area contributed by atoms with E-state index in [4.69, 9.17) is 10.7 Å². The lowest BCUT2D eigenvalue weighted by molar-refractivity contribution is 0.437. The number of nitrogen functional groups attached to an aromatic ring is 1. The topological polar surface area (TPSA) is 110 Å². The van der Waals surface area contributed by atoms with Gasteiger partial charge in [-0.15, -0.1) is 0 Å². The van der Waals surface area contributed by atoms with Gasteiger partial charge in [0.15, 0.2) is 5.65 Å². The van der Waals surface area contributed by atoms with E-state index in [0.29, 0.717) is 54.4 Å². The molecule has 4 aromatic rings. The van der Waals surface area contributed by atoms with Crippen LogP contribution in [0.15, 0.2) is 47.2 Å². The van der Waals surface area contributed by atoms with Crippen LogP contribution < -0.4 is 10.6 Å². The molecular weight excluding hydrogens is 494 g/mol.